The molecule has 0 fully saturated rings. The molecule has 18 heavy (non-hydrogen) atoms. The van der Waals surface area contributed by atoms with Crippen molar-refractivity contribution in [3.05, 3.63) is 24.3 Å². The predicted molar refractivity (Wildman–Crippen MR) is 55.8 cm³/mol. The van der Waals surface area contributed by atoms with Gasteiger partial charge in [-0.2, -0.15) is 13.2 Å². The van der Waals surface area contributed by atoms with Crippen LogP contribution in [0.3, 0.4) is 0 Å². The van der Waals surface area contributed by atoms with Crippen LogP contribution >= 0.6 is 0 Å². The van der Waals surface area contributed by atoms with E-state index in [-0.39, 0.29) is 5.69 Å². The molecule has 0 saturated carbocycles. The largest absolute Gasteiger partial charge is 0.501 e. The highest BCUT2D eigenvalue weighted by atomic mass is 32.2. The maximum atomic E-state index is 12.2. The molecule has 0 unspecified atom stereocenters. The molecule has 100 valence electrons. The Kier molecular flexibility index (Phi) is 3.85. The summed E-state index contributed by atoms with van der Waals surface area (Å²) in [5.41, 5.74) is -5.15. The maximum Gasteiger partial charge on any atom is 0.501 e. The van der Waals surface area contributed by atoms with E-state index in [0.717, 1.165) is 24.3 Å². The quantitative estimate of drug-likeness (QED) is 0.874. The summed E-state index contributed by atoms with van der Waals surface area (Å²) in [6.07, 6.45) is 0. The Balaban J connectivity index is 2.93. The van der Waals surface area contributed by atoms with E-state index in [1.165, 1.54) is 0 Å². The first-order valence-electron chi connectivity index (χ1n) is 4.51. The van der Waals surface area contributed by atoms with Gasteiger partial charge in [0, 0.05) is 5.69 Å². The SMILES string of the molecule is O=C(O)CNc1ccc(S(=O)(=O)C(F)(F)F)cc1. The number of rotatable bonds is 4. The van der Waals surface area contributed by atoms with Gasteiger partial charge < -0.3 is 10.4 Å². The fraction of sp³-hybridized carbons (Fsp3) is 0.222. The predicted octanol–water partition coefficient (Wildman–Crippen LogP) is 1.48. The van der Waals surface area contributed by atoms with E-state index in [4.69, 9.17) is 5.11 Å². The molecule has 9 heteroatoms. The third-order valence-electron chi connectivity index (χ3n) is 1.91. The second-order valence-electron chi connectivity index (χ2n) is 3.22. The molecular weight excluding hydrogens is 275 g/mol. The number of nitrogens with one attached hydrogen (secondary N) is 1. The van der Waals surface area contributed by atoms with Gasteiger partial charge in [0.2, 0.25) is 0 Å². The minimum absolute atomic E-state index is 0.207. The molecule has 2 N–H and O–H groups in total. The lowest BCUT2D eigenvalue weighted by atomic mass is 10.3. The van der Waals surface area contributed by atoms with Crippen molar-refractivity contribution in [2.24, 2.45) is 0 Å². The van der Waals surface area contributed by atoms with Crippen LogP contribution in [0.1, 0.15) is 0 Å². The average molecular weight is 283 g/mol. The zero-order chi connectivity index (χ0) is 14.0. The van der Waals surface area contributed by atoms with Crippen LogP contribution < -0.4 is 5.32 Å². The molecule has 1 rings (SSSR count). The first-order chi connectivity index (χ1) is 8.14. The molecular formula is C9H8F3NO4S. The highest BCUT2D eigenvalue weighted by molar-refractivity contribution is 7.92. The summed E-state index contributed by atoms with van der Waals surface area (Å²) in [4.78, 5) is 9.33. The Morgan fingerprint density at radius 2 is 1.72 bits per heavy atom. The van der Waals surface area contributed by atoms with Crippen molar-refractivity contribution in [1.82, 2.24) is 0 Å². The number of carbonyl (C=O) groups is 1. The van der Waals surface area contributed by atoms with Crippen LogP contribution in [0.4, 0.5) is 18.9 Å². The Labute approximate surface area is 100 Å². The van der Waals surface area contributed by atoms with E-state index in [0.29, 0.717) is 0 Å². The van der Waals surface area contributed by atoms with Gasteiger partial charge in [-0.3, -0.25) is 4.79 Å². The fourth-order valence-corrected chi connectivity index (χ4v) is 1.82. The number of alkyl halides is 3. The number of anilines is 1. The number of hydrogen-bond acceptors (Lipinski definition) is 4. The molecule has 0 aliphatic carbocycles. The van der Waals surface area contributed by atoms with Gasteiger partial charge in [0.15, 0.2) is 0 Å². The standard InChI is InChI=1S/C9H8F3NO4S/c10-9(11,12)18(16,17)7-3-1-6(2-4-7)13-5-8(14)15/h1-4,13H,5H2,(H,14,15). The molecule has 0 amide bonds. The highest BCUT2D eigenvalue weighted by Crippen LogP contribution is 2.30. The van der Waals surface area contributed by atoms with Crippen LogP contribution in [-0.2, 0) is 14.6 Å². The number of sulfone groups is 1. The topological polar surface area (TPSA) is 83.5 Å². The number of carboxylic acids is 1. The molecule has 1 aromatic rings. The minimum atomic E-state index is -5.37. The maximum absolute atomic E-state index is 12.2. The van der Waals surface area contributed by atoms with E-state index in [1.807, 2.05) is 0 Å². The van der Waals surface area contributed by atoms with E-state index in [9.17, 15) is 26.4 Å². The summed E-state index contributed by atoms with van der Waals surface area (Å²) in [5, 5.41) is 10.7. The summed E-state index contributed by atoms with van der Waals surface area (Å²) in [5.74, 6) is -1.15. The summed E-state index contributed by atoms with van der Waals surface area (Å²) in [6.45, 7) is -0.425. The van der Waals surface area contributed by atoms with E-state index < -0.39 is 32.8 Å². The number of halogens is 3. The van der Waals surface area contributed by atoms with Crippen molar-refractivity contribution in [3.63, 3.8) is 0 Å². The van der Waals surface area contributed by atoms with Gasteiger partial charge in [-0.15, -0.1) is 0 Å². The number of aliphatic carboxylic acids is 1. The molecule has 0 aliphatic heterocycles. The van der Waals surface area contributed by atoms with Crippen molar-refractivity contribution in [1.29, 1.82) is 0 Å². The third kappa shape index (κ3) is 3.13. The molecule has 0 aromatic heterocycles. The van der Waals surface area contributed by atoms with Crippen LogP contribution in [0.2, 0.25) is 0 Å². The summed E-state index contributed by atoms with van der Waals surface area (Å²) < 4.78 is 58.6. The van der Waals surface area contributed by atoms with E-state index in [1.54, 1.807) is 0 Å². The molecule has 0 bridgehead atoms. The summed E-state index contributed by atoms with van der Waals surface area (Å²) in [6, 6.07) is 3.63. The molecule has 0 saturated heterocycles. The minimum Gasteiger partial charge on any atom is -0.480 e. The Hall–Kier alpha value is -1.77. The highest BCUT2D eigenvalue weighted by Gasteiger charge is 2.46. The van der Waals surface area contributed by atoms with Crippen molar-refractivity contribution >= 4 is 21.5 Å². The van der Waals surface area contributed by atoms with Gasteiger partial charge in [-0.25, -0.2) is 8.42 Å². The van der Waals surface area contributed by atoms with Gasteiger partial charge in [-0.1, -0.05) is 0 Å². The van der Waals surface area contributed by atoms with Crippen LogP contribution in [0.25, 0.3) is 0 Å². The van der Waals surface area contributed by atoms with Crippen molar-refractivity contribution < 1.29 is 31.5 Å². The summed E-state index contributed by atoms with van der Waals surface area (Å²) >= 11 is 0. The monoisotopic (exact) mass is 283 g/mol. The third-order valence-corrected chi connectivity index (χ3v) is 3.42. The molecule has 0 atom stereocenters. The smallest absolute Gasteiger partial charge is 0.480 e. The molecule has 0 radical (unpaired) electrons. The van der Waals surface area contributed by atoms with Gasteiger partial charge in [-0.05, 0) is 24.3 Å². The molecule has 0 spiro atoms. The normalized spacial score (nSPS) is 12.2. The second-order valence-corrected chi connectivity index (χ2v) is 5.16. The lowest BCUT2D eigenvalue weighted by Crippen LogP contribution is -2.23. The lowest BCUT2D eigenvalue weighted by molar-refractivity contribution is -0.134. The van der Waals surface area contributed by atoms with Crippen LogP contribution in [0.15, 0.2) is 29.2 Å². The Bertz CT molecular complexity index is 536. The van der Waals surface area contributed by atoms with Gasteiger partial charge in [0.1, 0.15) is 6.54 Å². The Morgan fingerprint density at radius 3 is 2.11 bits per heavy atom. The van der Waals surface area contributed by atoms with E-state index >= 15 is 0 Å². The van der Waals surface area contributed by atoms with Gasteiger partial charge >= 0.3 is 11.5 Å². The second kappa shape index (κ2) is 4.84. The van der Waals surface area contributed by atoms with Crippen molar-refractivity contribution in [3.8, 4) is 0 Å². The average Bonchev–Trinajstić information content (AvgIpc) is 2.25. The fourth-order valence-electron chi connectivity index (χ4n) is 1.06. The van der Waals surface area contributed by atoms with Crippen molar-refractivity contribution in [2.75, 3.05) is 11.9 Å². The molecule has 0 heterocycles. The first-order valence-corrected chi connectivity index (χ1v) is 6.00. The molecule has 5 nitrogen and oxygen atoms in total. The van der Waals surface area contributed by atoms with Gasteiger partial charge in [0.25, 0.3) is 9.84 Å². The van der Waals surface area contributed by atoms with Crippen LogP contribution in [0, 0.1) is 0 Å². The zero-order valence-electron chi connectivity index (χ0n) is 8.73. The summed E-state index contributed by atoms with van der Waals surface area (Å²) in [7, 11) is -5.37. The first kappa shape index (κ1) is 14.3. The van der Waals surface area contributed by atoms with Crippen LogP contribution in [0.5, 0.6) is 0 Å². The zero-order valence-corrected chi connectivity index (χ0v) is 9.55. The number of hydrogen-bond donors (Lipinski definition) is 2. The van der Waals surface area contributed by atoms with Crippen molar-refractivity contribution in [2.45, 2.75) is 10.4 Å². The van der Waals surface area contributed by atoms with E-state index in [2.05, 4.69) is 5.32 Å². The number of carboxylic acid groups (broad SMARTS) is 1. The van der Waals surface area contributed by atoms with Crippen LogP contribution in [-0.4, -0.2) is 31.5 Å². The molecule has 1 aromatic carbocycles. The molecule has 0 aliphatic rings. The lowest BCUT2D eigenvalue weighted by Gasteiger charge is -2.09. The Morgan fingerprint density at radius 1 is 1.22 bits per heavy atom. The number of benzene rings is 1. The van der Waals surface area contributed by atoms with Gasteiger partial charge in [0.05, 0.1) is 4.90 Å².